The summed E-state index contributed by atoms with van der Waals surface area (Å²) in [6.45, 7) is 0. The predicted molar refractivity (Wildman–Crippen MR) is 81.8 cm³/mol. The number of hydrogen-bond acceptors (Lipinski definition) is 5. The van der Waals surface area contributed by atoms with Crippen LogP contribution in [0.5, 0.6) is 0 Å². The van der Waals surface area contributed by atoms with E-state index in [2.05, 4.69) is 5.32 Å². The van der Waals surface area contributed by atoms with Crippen molar-refractivity contribution >= 4 is 46.5 Å². The second-order valence-corrected chi connectivity index (χ2v) is 5.17. The van der Waals surface area contributed by atoms with Gasteiger partial charge in [0.2, 0.25) is 0 Å². The molecule has 0 saturated heterocycles. The average Bonchev–Trinajstić information content (AvgIpc) is 2.49. The molecule has 0 unspecified atom stereocenters. The smallest absolute Gasteiger partial charge is 0.282 e. The van der Waals surface area contributed by atoms with Gasteiger partial charge in [-0.25, -0.2) is 0 Å². The Bertz CT molecular complexity index is 791. The minimum atomic E-state index is -1.71. The highest BCUT2D eigenvalue weighted by molar-refractivity contribution is 6.37. The van der Waals surface area contributed by atoms with Gasteiger partial charge in [0, 0.05) is 16.7 Å². The van der Waals surface area contributed by atoms with Crippen molar-refractivity contribution in [3.05, 3.63) is 67.7 Å². The second-order valence-electron chi connectivity index (χ2n) is 4.32. The summed E-state index contributed by atoms with van der Waals surface area (Å²) in [5.41, 5.74) is -1.75. The summed E-state index contributed by atoms with van der Waals surface area (Å²) < 4.78 is 0. The van der Waals surface area contributed by atoms with Crippen LogP contribution in [0.15, 0.2) is 36.4 Å². The Morgan fingerprint density at radius 1 is 1.13 bits per heavy atom. The lowest BCUT2D eigenvalue weighted by Crippen LogP contribution is -2.27. The van der Waals surface area contributed by atoms with E-state index in [9.17, 15) is 24.8 Å². The molecule has 2 rings (SSSR count). The highest BCUT2D eigenvalue weighted by Crippen LogP contribution is 2.28. The van der Waals surface area contributed by atoms with Crippen molar-refractivity contribution in [2.45, 2.75) is 0 Å². The third kappa shape index (κ3) is 3.58. The molecule has 0 saturated carbocycles. The van der Waals surface area contributed by atoms with Crippen molar-refractivity contribution in [1.82, 2.24) is 0 Å². The van der Waals surface area contributed by atoms with Gasteiger partial charge in [0.05, 0.1) is 21.6 Å². The minimum Gasteiger partial charge on any atom is -0.545 e. The van der Waals surface area contributed by atoms with Crippen molar-refractivity contribution in [1.29, 1.82) is 0 Å². The number of nitro groups is 1. The van der Waals surface area contributed by atoms with Crippen LogP contribution in [0.1, 0.15) is 20.7 Å². The first-order chi connectivity index (χ1) is 10.8. The van der Waals surface area contributed by atoms with E-state index in [1.54, 1.807) is 0 Å². The lowest BCUT2D eigenvalue weighted by Gasteiger charge is -2.12. The fourth-order valence-corrected chi connectivity index (χ4v) is 2.33. The Morgan fingerprint density at radius 3 is 2.39 bits per heavy atom. The van der Waals surface area contributed by atoms with E-state index in [1.165, 1.54) is 18.2 Å². The molecule has 0 atom stereocenters. The Kier molecular flexibility index (Phi) is 4.83. The molecule has 23 heavy (non-hydrogen) atoms. The number of nitro benzene ring substituents is 1. The molecule has 0 radical (unpaired) electrons. The summed E-state index contributed by atoms with van der Waals surface area (Å²) in [5.74, 6) is -2.71. The molecule has 0 aliphatic carbocycles. The summed E-state index contributed by atoms with van der Waals surface area (Å²) >= 11 is 11.6. The van der Waals surface area contributed by atoms with E-state index < -0.39 is 33.6 Å². The molecular weight excluding hydrogens is 347 g/mol. The van der Waals surface area contributed by atoms with Gasteiger partial charge in [0.1, 0.15) is 5.56 Å². The van der Waals surface area contributed by atoms with Crippen molar-refractivity contribution in [2.75, 3.05) is 5.32 Å². The van der Waals surface area contributed by atoms with Crippen LogP contribution in [-0.2, 0) is 0 Å². The maximum absolute atomic E-state index is 12.3. The Labute approximate surface area is 139 Å². The number of amides is 1. The number of carbonyl (C=O) groups is 2. The number of nitrogens with zero attached hydrogens (tertiary/aromatic N) is 1. The third-order valence-corrected chi connectivity index (χ3v) is 3.41. The number of halogens is 2. The summed E-state index contributed by atoms with van der Waals surface area (Å²) in [6, 6.07) is 7.40. The quantitative estimate of drug-likeness (QED) is 0.670. The van der Waals surface area contributed by atoms with E-state index >= 15 is 0 Å². The van der Waals surface area contributed by atoms with E-state index in [0.29, 0.717) is 5.02 Å². The topological polar surface area (TPSA) is 112 Å². The van der Waals surface area contributed by atoms with Gasteiger partial charge in [-0.15, -0.1) is 0 Å². The first-order valence-corrected chi connectivity index (χ1v) is 6.82. The molecular formula is C14H7Cl2N2O5-. The molecule has 2 aromatic carbocycles. The van der Waals surface area contributed by atoms with E-state index in [1.807, 2.05) is 0 Å². The highest BCUT2D eigenvalue weighted by atomic mass is 35.5. The average molecular weight is 354 g/mol. The number of nitrogens with one attached hydrogen (secondary N) is 1. The Balaban J connectivity index is 2.50. The molecule has 0 bridgehead atoms. The minimum absolute atomic E-state index is 0.0967. The lowest BCUT2D eigenvalue weighted by molar-refractivity contribution is -0.385. The zero-order chi connectivity index (χ0) is 17.1. The molecule has 0 aliphatic rings. The SMILES string of the molecule is O=C([O-])c1cccc([N+](=O)[O-])c1C(=O)Nc1ccc(Cl)cc1Cl. The first kappa shape index (κ1) is 16.7. The number of carboxylic acid groups (broad SMARTS) is 1. The van der Waals surface area contributed by atoms with Crippen LogP contribution in [0.25, 0.3) is 0 Å². The predicted octanol–water partition coefficient (Wildman–Crippen LogP) is 2.52. The zero-order valence-corrected chi connectivity index (χ0v) is 12.7. The fourth-order valence-electron chi connectivity index (χ4n) is 1.88. The van der Waals surface area contributed by atoms with Crippen molar-refractivity contribution in [3.8, 4) is 0 Å². The van der Waals surface area contributed by atoms with Gasteiger partial charge in [0.15, 0.2) is 0 Å². The third-order valence-electron chi connectivity index (χ3n) is 2.87. The normalized spacial score (nSPS) is 10.2. The molecule has 0 aromatic heterocycles. The maximum Gasteiger partial charge on any atom is 0.282 e. The molecule has 0 heterocycles. The van der Waals surface area contributed by atoms with Crippen molar-refractivity contribution in [2.24, 2.45) is 0 Å². The Morgan fingerprint density at radius 2 is 1.83 bits per heavy atom. The number of aromatic carboxylic acids is 1. The van der Waals surface area contributed by atoms with Gasteiger partial charge in [-0.2, -0.15) is 0 Å². The van der Waals surface area contributed by atoms with Crippen molar-refractivity contribution in [3.63, 3.8) is 0 Å². The van der Waals surface area contributed by atoms with Gasteiger partial charge in [-0.3, -0.25) is 14.9 Å². The molecule has 1 N–H and O–H groups in total. The number of anilines is 1. The van der Waals surface area contributed by atoms with Gasteiger partial charge in [-0.1, -0.05) is 35.3 Å². The zero-order valence-electron chi connectivity index (χ0n) is 11.2. The highest BCUT2D eigenvalue weighted by Gasteiger charge is 2.25. The summed E-state index contributed by atoms with van der Waals surface area (Å²) in [5, 5.41) is 24.9. The number of benzene rings is 2. The van der Waals surface area contributed by atoms with Gasteiger partial charge in [0.25, 0.3) is 11.6 Å². The number of carboxylic acids is 1. The van der Waals surface area contributed by atoms with Crippen molar-refractivity contribution < 1.29 is 19.6 Å². The first-order valence-electron chi connectivity index (χ1n) is 6.06. The van der Waals surface area contributed by atoms with E-state index in [-0.39, 0.29) is 10.7 Å². The summed E-state index contributed by atoms with van der Waals surface area (Å²) in [4.78, 5) is 33.6. The van der Waals surface area contributed by atoms with Crippen LogP contribution in [0, 0.1) is 10.1 Å². The Hall–Kier alpha value is -2.64. The van der Waals surface area contributed by atoms with Crippen LogP contribution in [0.4, 0.5) is 11.4 Å². The summed E-state index contributed by atoms with van der Waals surface area (Å²) in [7, 11) is 0. The fraction of sp³-hybridized carbons (Fsp3) is 0. The van der Waals surface area contributed by atoms with E-state index in [4.69, 9.17) is 23.2 Å². The molecule has 9 heteroatoms. The van der Waals surface area contributed by atoms with Gasteiger partial charge in [-0.05, 0) is 18.2 Å². The molecule has 0 aliphatic heterocycles. The monoisotopic (exact) mass is 353 g/mol. The summed E-state index contributed by atoms with van der Waals surface area (Å²) in [6.07, 6.45) is 0. The number of rotatable bonds is 4. The molecule has 7 nitrogen and oxygen atoms in total. The number of hydrogen-bond donors (Lipinski definition) is 1. The van der Waals surface area contributed by atoms with Gasteiger partial charge < -0.3 is 15.2 Å². The standard InChI is InChI=1S/C14H8Cl2N2O5/c15-7-4-5-10(9(16)6-7)17-13(19)12-8(14(20)21)2-1-3-11(12)18(22)23/h1-6H,(H,17,19)(H,20,21)/p-1. The molecule has 2 aromatic rings. The van der Waals surface area contributed by atoms with Crippen LogP contribution in [0.2, 0.25) is 10.0 Å². The van der Waals surface area contributed by atoms with E-state index in [0.717, 1.165) is 18.2 Å². The van der Waals surface area contributed by atoms with Gasteiger partial charge >= 0.3 is 0 Å². The second kappa shape index (κ2) is 6.64. The van der Waals surface area contributed by atoms with Crippen LogP contribution in [-0.4, -0.2) is 16.8 Å². The lowest BCUT2D eigenvalue weighted by atomic mass is 10.0. The molecule has 0 spiro atoms. The molecule has 1 amide bonds. The van der Waals surface area contributed by atoms with Crippen LogP contribution < -0.4 is 10.4 Å². The largest absolute Gasteiger partial charge is 0.545 e. The molecule has 0 fully saturated rings. The van der Waals surface area contributed by atoms with Crippen LogP contribution in [0.3, 0.4) is 0 Å². The molecule has 118 valence electrons. The van der Waals surface area contributed by atoms with Crippen LogP contribution >= 0.6 is 23.2 Å². The maximum atomic E-state index is 12.3. The number of carbonyl (C=O) groups excluding carboxylic acids is 2.